The summed E-state index contributed by atoms with van der Waals surface area (Å²) in [6.07, 6.45) is 1.04. The predicted octanol–water partition coefficient (Wildman–Crippen LogP) is 2.64. The molecule has 0 spiro atoms. The van der Waals surface area contributed by atoms with Gasteiger partial charge in [0.2, 0.25) is 0 Å². The van der Waals surface area contributed by atoms with Crippen LogP contribution < -0.4 is 9.47 Å². The molecule has 1 aliphatic rings. The van der Waals surface area contributed by atoms with Crippen molar-refractivity contribution in [3.63, 3.8) is 0 Å². The molecule has 5 heteroatoms. The Bertz CT molecular complexity index is 399. The summed E-state index contributed by atoms with van der Waals surface area (Å²) in [7, 11) is 3.31. The Morgan fingerprint density at radius 3 is 2.53 bits per heavy atom. The van der Waals surface area contributed by atoms with E-state index >= 15 is 0 Å². The van der Waals surface area contributed by atoms with Crippen LogP contribution in [0.3, 0.4) is 0 Å². The quantitative estimate of drug-likeness (QED) is 0.569. The lowest BCUT2D eigenvalue weighted by molar-refractivity contribution is -0.0870. The molecule has 1 aromatic carbocycles. The number of halogens is 1. The van der Waals surface area contributed by atoms with Crippen molar-refractivity contribution in [1.82, 2.24) is 0 Å². The van der Waals surface area contributed by atoms with Crippen molar-refractivity contribution in [1.29, 1.82) is 0 Å². The first-order chi connectivity index (χ1) is 9.26. The van der Waals surface area contributed by atoms with Crippen LogP contribution in [0.1, 0.15) is 6.42 Å². The predicted molar refractivity (Wildman–Crippen MR) is 76.4 cm³/mol. The summed E-state index contributed by atoms with van der Waals surface area (Å²) in [5.41, 5.74) is 0. The second-order valence-electron chi connectivity index (χ2n) is 4.39. The Morgan fingerprint density at radius 1 is 1.16 bits per heavy atom. The molecule has 1 saturated carbocycles. The molecule has 0 aromatic heterocycles. The molecule has 0 N–H and O–H groups in total. The summed E-state index contributed by atoms with van der Waals surface area (Å²) in [5.74, 6) is 1.51. The van der Waals surface area contributed by atoms with Gasteiger partial charge >= 0.3 is 0 Å². The highest BCUT2D eigenvalue weighted by atomic mass is 79.9. The third kappa shape index (κ3) is 3.61. The average molecular weight is 331 g/mol. The fourth-order valence-electron chi connectivity index (χ4n) is 2.00. The van der Waals surface area contributed by atoms with E-state index in [-0.39, 0.29) is 12.2 Å². The highest BCUT2D eigenvalue weighted by Gasteiger charge is 2.42. The van der Waals surface area contributed by atoms with Crippen LogP contribution in [0.2, 0.25) is 0 Å². The zero-order valence-electron chi connectivity index (χ0n) is 11.2. The maximum atomic E-state index is 5.97. The number of hydrogen-bond acceptors (Lipinski definition) is 4. The van der Waals surface area contributed by atoms with E-state index in [1.807, 2.05) is 24.3 Å². The van der Waals surface area contributed by atoms with Crippen molar-refractivity contribution in [3.05, 3.63) is 24.3 Å². The minimum Gasteiger partial charge on any atom is -0.493 e. The Balaban J connectivity index is 1.91. The van der Waals surface area contributed by atoms with E-state index < -0.39 is 0 Å². The van der Waals surface area contributed by atoms with Crippen molar-refractivity contribution in [2.75, 3.05) is 27.4 Å². The third-order valence-electron chi connectivity index (χ3n) is 3.13. The second-order valence-corrected chi connectivity index (χ2v) is 5.56. The van der Waals surface area contributed by atoms with E-state index in [0.717, 1.165) is 17.9 Å². The highest BCUT2D eigenvalue weighted by Crippen LogP contribution is 2.36. The molecule has 0 bridgehead atoms. The summed E-state index contributed by atoms with van der Waals surface area (Å²) in [6, 6.07) is 7.66. The van der Waals surface area contributed by atoms with E-state index in [2.05, 4.69) is 15.9 Å². The smallest absolute Gasteiger partial charge is 0.161 e. The minimum atomic E-state index is 0.0533. The topological polar surface area (TPSA) is 36.9 Å². The molecule has 19 heavy (non-hydrogen) atoms. The number of para-hydroxylation sites is 2. The van der Waals surface area contributed by atoms with Gasteiger partial charge in [0, 0.05) is 18.4 Å². The zero-order chi connectivity index (χ0) is 13.7. The van der Waals surface area contributed by atoms with Crippen molar-refractivity contribution < 1.29 is 18.9 Å². The SMILES string of the molecule is COCCOC1C(Br)CC1Oc1ccccc1OC. The second kappa shape index (κ2) is 7.12. The number of alkyl halides is 1. The normalized spacial score (nSPS) is 25.7. The number of methoxy groups -OCH3 is 2. The molecule has 1 aromatic rings. The lowest BCUT2D eigenvalue weighted by atomic mass is 9.91. The Morgan fingerprint density at radius 2 is 1.89 bits per heavy atom. The number of rotatable bonds is 7. The molecule has 0 aliphatic heterocycles. The largest absolute Gasteiger partial charge is 0.493 e. The lowest BCUT2D eigenvalue weighted by Crippen LogP contribution is -2.52. The van der Waals surface area contributed by atoms with Gasteiger partial charge < -0.3 is 18.9 Å². The van der Waals surface area contributed by atoms with Gasteiger partial charge in [-0.25, -0.2) is 0 Å². The molecule has 3 unspecified atom stereocenters. The molecule has 1 fully saturated rings. The van der Waals surface area contributed by atoms with Crippen molar-refractivity contribution in [2.45, 2.75) is 23.5 Å². The first-order valence-electron chi connectivity index (χ1n) is 6.30. The van der Waals surface area contributed by atoms with Crippen molar-refractivity contribution >= 4 is 15.9 Å². The van der Waals surface area contributed by atoms with Crippen LogP contribution >= 0.6 is 15.9 Å². The van der Waals surface area contributed by atoms with Crippen molar-refractivity contribution in [2.24, 2.45) is 0 Å². The van der Waals surface area contributed by atoms with Crippen LogP contribution in [0.25, 0.3) is 0 Å². The van der Waals surface area contributed by atoms with Crippen LogP contribution in [0, 0.1) is 0 Å². The van der Waals surface area contributed by atoms with Crippen LogP contribution in [0.5, 0.6) is 11.5 Å². The molecule has 1 aliphatic carbocycles. The minimum absolute atomic E-state index is 0.0533. The van der Waals surface area contributed by atoms with Gasteiger partial charge in [-0.05, 0) is 12.1 Å². The summed E-state index contributed by atoms with van der Waals surface area (Å²) in [4.78, 5) is 0.337. The van der Waals surface area contributed by atoms with Crippen LogP contribution in [0.15, 0.2) is 24.3 Å². The van der Waals surface area contributed by atoms with Gasteiger partial charge in [-0.1, -0.05) is 28.1 Å². The monoisotopic (exact) mass is 330 g/mol. The summed E-state index contributed by atoms with van der Waals surface area (Å²) >= 11 is 3.59. The number of ether oxygens (including phenoxy) is 4. The summed E-state index contributed by atoms with van der Waals surface area (Å²) in [5, 5.41) is 0. The van der Waals surface area contributed by atoms with Gasteiger partial charge in [0.15, 0.2) is 11.5 Å². The molecule has 3 atom stereocenters. The maximum absolute atomic E-state index is 5.97. The van der Waals surface area contributed by atoms with E-state index in [0.29, 0.717) is 18.0 Å². The first-order valence-corrected chi connectivity index (χ1v) is 7.22. The molecule has 2 rings (SSSR count). The molecular weight excluding hydrogens is 312 g/mol. The Hall–Kier alpha value is -0.780. The molecule has 0 saturated heterocycles. The Labute approximate surface area is 122 Å². The fourth-order valence-corrected chi connectivity index (χ4v) is 2.86. The number of benzene rings is 1. The van der Waals surface area contributed by atoms with Gasteiger partial charge in [0.1, 0.15) is 12.2 Å². The fraction of sp³-hybridized carbons (Fsp3) is 0.571. The molecule has 0 heterocycles. The van der Waals surface area contributed by atoms with E-state index in [9.17, 15) is 0 Å². The zero-order valence-corrected chi connectivity index (χ0v) is 12.8. The van der Waals surface area contributed by atoms with Gasteiger partial charge in [-0.3, -0.25) is 0 Å². The molecule has 4 nitrogen and oxygen atoms in total. The summed E-state index contributed by atoms with van der Waals surface area (Å²) < 4.78 is 22.0. The Kier molecular flexibility index (Phi) is 5.48. The molecular formula is C14H19BrO4. The van der Waals surface area contributed by atoms with Crippen molar-refractivity contribution in [3.8, 4) is 11.5 Å². The average Bonchev–Trinajstić information content (AvgIpc) is 2.43. The highest BCUT2D eigenvalue weighted by molar-refractivity contribution is 9.09. The van der Waals surface area contributed by atoms with Gasteiger partial charge in [-0.2, -0.15) is 0 Å². The standard InChI is InChI=1S/C14H19BrO4/c1-16-7-8-18-14-10(15)9-13(14)19-12-6-4-3-5-11(12)17-2/h3-6,10,13-14H,7-9H2,1-2H3. The van der Waals surface area contributed by atoms with E-state index in [1.54, 1.807) is 14.2 Å². The van der Waals surface area contributed by atoms with Gasteiger partial charge in [-0.15, -0.1) is 0 Å². The molecule has 0 amide bonds. The maximum Gasteiger partial charge on any atom is 0.161 e. The third-order valence-corrected chi connectivity index (χ3v) is 4.02. The van der Waals surface area contributed by atoms with Crippen LogP contribution in [-0.2, 0) is 9.47 Å². The summed E-state index contributed by atoms with van der Waals surface area (Å²) in [6.45, 7) is 1.17. The lowest BCUT2D eigenvalue weighted by Gasteiger charge is -2.41. The van der Waals surface area contributed by atoms with E-state index in [4.69, 9.17) is 18.9 Å². The first kappa shape index (κ1) is 14.6. The van der Waals surface area contributed by atoms with Crippen LogP contribution in [-0.4, -0.2) is 44.5 Å². The van der Waals surface area contributed by atoms with Gasteiger partial charge in [0.05, 0.1) is 20.3 Å². The molecule has 106 valence electrons. The number of hydrogen-bond donors (Lipinski definition) is 0. The van der Waals surface area contributed by atoms with Gasteiger partial charge in [0.25, 0.3) is 0 Å². The molecule has 0 radical (unpaired) electrons. The van der Waals surface area contributed by atoms with Crippen LogP contribution in [0.4, 0.5) is 0 Å². The van der Waals surface area contributed by atoms with E-state index in [1.165, 1.54) is 0 Å².